The Labute approximate surface area is 151 Å². The Kier molecular flexibility index (Phi) is 5.27. The first-order chi connectivity index (χ1) is 12.0. The van der Waals surface area contributed by atoms with Crippen LogP contribution in [-0.2, 0) is 9.59 Å². The molecule has 5 nitrogen and oxygen atoms in total. The predicted octanol–water partition coefficient (Wildman–Crippen LogP) is 4.27. The Morgan fingerprint density at radius 3 is 2.40 bits per heavy atom. The predicted molar refractivity (Wildman–Crippen MR) is 99.4 cm³/mol. The molecule has 1 aliphatic heterocycles. The van der Waals surface area contributed by atoms with E-state index in [-0.39, 0.29) is 23.6 Å². The number of carbonyl (C=O) groups is 3. The van der Waals surface area contributed by atoms with Crippen LogP contribution in [0.2, 0.25) is 0 Å². The van der Waals surface area contributed by atoms with E-state index >= 15 is 0 Å². The molecule has 2 fully saturated rings. The van der Waals surface area contributed by atoms with E-state index in [4.69, 9.17) is 0 Å². The van der Waals surface area contributed by atoms with Crippen LogP contribution < -0.4 is 5.32 Å². The molecular formula is C19H22N2O3S. The van der Waals surface area contributed by atoms with Gasteiger partial charge < -0.3 is 5.32 Å². The van der Waals surface area contributed by atoms with Gasteiger partial charge in [0.1, 0.15) is 6.54 Å². The fraction of sp³-hybridized carbons (Fsp3) is 0.421. The van der Waals surface area contributed by atoms with Crippen molar-refractivity contribution in [1.82, 2.24) is 4.90 Å². The third-order valence-corrected chi connectivity index (χ3v) is 5.60. The van der Waals surface area contributed by atoms with Crippen molar-refractivity contribution in [3.05, 3.63) is 40.3 Å². The summed E-state index contributed by atoms with van der Waals surface area (Å²) < 4.78 is 0. The maximum absolute atomic E-state index is 12.5. The second-order valence-electron chi connectivity index (χ2n) is 6.72. The van der Waals surface area contributed by atoms with Crippen LogP contribution in [-0.4, -0.2) is 28.5 Å². The monoisotopic (exact) mass is 358 g/mol. The van der Waals surface area contributed by atoms with Gasteiger partial charge in [0.05, 0.1) is 4.91 Å². The molecule has 0 unspecified atom stereocenters. The summed E-state index contributed by atoms with van der Waals surface area (Å²) in [6.07, 6.45) is 3.88. The minimum atomic E-state index is -0.364. The SMILES string of the molecule is CC(C)c1ccc(NC(=O)CN2C(=O)SC(=C3CCCC3)C2=O)cc1. The number of hydrogen-bond acceptors (Lipinski definition) is 4. The zero-order chi connectivity index (χ0) is 18.0. The maximum Gasteiger partial charge on any atom is 0.294 e. The molecule has 25 heavy (non-hydrogen) atoms. The number of allylic oxidation sites excluding steroid dienone is 1. The van der Waals surface area contributed by atoms with E-state index in [0.29, 0.717) is 16.5 Å². The van der Waals surface area contributed by atoms with Crippen molar-refractivity contribution in [2.75, 3.05) is 11.9 Å². The number of anilines is 1. The quantitative estimate of drug-likeness (QED) is 0.816. The Bertz CT molecular complexity index is 730. The van der Waals surface area contributed by atoms with Gasteiger partial charge in [-0.3, -0.25) is 19.3 Å². The lowest BCUT2D eigenvalue weighted by atomic mass is 10.0. The van der Waals surface area contributed by atoms with E-state index in [0.717, 1.165) is 47.9 Å². The van der Waals surface area contributed by atoms with E-state index < -0.39 is 0 Å². The van der Waals surface area contributed by atoms with Gasteiger partial charge in [-0.25, -0.2) is 0 Å². The summed E-state index contributed by atoms with van der Waals surface area (Å²) >= 11 is 0.970. The van der Waals surface area contributed by atoms with Gasteiger partial charge in [0, 0.05) is 5.69 Å². The molecule has 0 radical (unpaired) electrons. The standard InChI is InChI=1S/C19H22N2O3S/c1-12(2)13-7-9-15(10-8-13)20-16(22)11-21-18(23)17(25-19(21)24)14-5-3-4-6-14/h7-10,12H,3-6,11H2,1-2H3,(H,20,22). The van der Waals surface area contributed by atoms with E-state index in [1.54, 1.807) is 0 Å². The molecule has 1 N–H and O–H groups in total. The van der Waals surface area contributed by atoms with Crippen molar-refractivity contribution >= 4 is 34.5 Å². The zero-order valence-electron chi connectivity index (χ0n) is 14.5. The second-order valence-corrected chi connectivity index (χ2v) is 7.69. The van der Waals surface area contributed by atoms with Crippen LogP contribution in [0.5, 0.6) is 0 Å². The first-order valence-corrected chi connectivity index (χ1v) is 9.43. The van der Waals surface area contributed by atoms with Gasteiger partial charge in [-0.1, -0.05) is 31.6 Å². The highest BCUT2D eigenvalue weighted by molar-refractivity contribution is 8.18. The number of carbonyl (C=O) groups excluding carboxylic acids is 3. The maximum atomic E-state index is 12.5. The number of amides is 3. The first kappa shape index (κ1) is 17.7. The summed E-state index contributed by atoms with van der Waals surface area (Å²) in [7, 11) is 0. The van der Waals surface area contributed by atoms with Gasteiger partial charge in [-0.2, -0.15) is 0 Å². The number of imide groups is 1. The number of thioether (sulfide) groups is 1. The summed E-state index contributed by atoms with van der Waals surface area (Å²) in [6, 6.07) is 7.60. The minimum absolute atomic E-state index is 0.243. The van der Waals surface area contributed by atoms with Crippen LogP contribution in [0.3, 0.4) is 0 Å². The molecule has 1 saturated carbocycles. The van der Waals surface area contributed by atoms with Crippen LogP contribution in [0.15, 0.2) is 34.7 Å². The highest BCUT2D eigenvalue weighted by Crippen LogP contribution is 2.38. The molecule has 0 aromatic heterocycles. The Balaban J connectivity index is 1.63. The molecular weight excluding hydrogens is 336 g/mol. The fourth-order valence-corrected chi connectivity index (χ4v) is 4.05. The summed E-state index contributed by atoms with van der Waals surface area (Å²) in [6.45, 7) is 3.96. The average molecular weight is 358 g/mol. The molecule has 3 amide bonds. The van der Waals surface area contributed by atoms with Gasteiger partial charge >= 0.3 is 0 Å². The van der Waals surface area contributed by atoms with Crippen molar-refractivity contribution in [3.63, 3.8) is 0 Å². The second kappa shape index (κ2) is 7.44. The molecule has 132 valence electrons. The van der Waals surface area contributed by atoms with Crippen molar-refractivity contribution in [1.29, 1.82) is 0 Å². The van der Waals surface area contributed by atoms with E-state index in [1.807, 2.05) is 24.3 Å². The number of benzene rings is 1. The molecule has 2 aliphatic rings. The molecule has 1 saturated heterocycles. The topological polar surface area (TPSA) is 66.5 Å². The fourth-order valence-electron chi connectivity index (χ4n) is 3.08. The lowest BCUT2D eigenvalue weighted by Crippen LogP contribution is -2.36. The van der Waals surface area contributed by atoms with Gasteiger partial charge in [-0.15, -0.1) is 0 Å². The van der Waals surface area contributed by atoms with Crippen molar-refractivity contribution in [2.24, 2.45) is 0 Å². The van der Waals surface area contributed by atoms with Gasteiger partial charge in [0.2, 0.25) is 5.91 Å². The summed E-state index contributed by atoms with van der Waals surface area (Å²) in [5, 5.41) is 2.39. The number of nitrogens with one attached hydrogen (secondary N) is 1. The Morgan fingerprint density at radius 2 is 1.80 bits per heavy atom. The molecule has 6 heteroatoms. The van der Waals surface area contributed by atoms with Crippen LogP contribution in [0.4, 0.5) is 10.5 Å². The third kappa shape index (κ3) is 3.95. The highest BCUT2D eigenvalue weighted by atomic mass is 32.2. The van der Waals surface area contributed by atoms with E-state index in [9.17, 15) is 14.4 Å². The van der Waals surface area contributed by atoms with Gasteiger partial charge in [0.25, 0.3) is 11.1 Å². The van der Waals surface area contributed by atoms with Crippen molar-refractivity contribution in [3.8, 4) is 0 Å². The van der Waals surface area contributed by atoms with E-state index in [1.165, 1.54) is 5.56 Å². The lowest BCUT2D eigenvalue weighted by molar-refractivity contribution is -0.127. The number of rotatable bonds is 4. The molecule has 1 aromatic rings. The molecule has 3 rings (SSSR count). The number of nitrogens with zero attached hydrogens (tertiary/aromatic N) is 1. The largest absolute Gasteiger partial charge is 0.325 e. The van der Waals surface area contributed by atoms with Crippen LogP contribution in [0.1, 0.15) is 51.0 Å². The van der Waals surface area contributed by atoms with Gasteiger partial charge in [0.15, 0.2) is 0 Å². The van der Waals surface area contributed by atoms with E-state index in [2.05, 4.69) is 19.2 Å². The molecule has 1 aliphatic carbocycles. The van der Waals surface area contributed by atoms with Crippen LogP contribution >= 0.6 is 11.8 Å². The van der Waals surface area contributed by atoms with Crippen molar-refractivity contribution < 1.29 is 14.4 Å². The summed E-state index contributed by atoms with van der Waals surface area (Å²) in [5.74, 6) is -0.266. The summed E-state index contributed by atoms with van der Waals surface area (Å²) in [5.41, 5.74) is 2.91. The van der Waals surface area contributed by atoms with Crippen LogP contribution in [0.25, 0.3) is 0 Å². The molecule has 0 bridgehead atoms. The van der Waals surface area contributed by atoms with Crippen molar-refractivity contribution in [2.45, 2.75) is 45.4 Å². The normalized spacial score (nSPS) is 17.8. The first-order valence-electron chi connectivity index (χ1n) is 8.61. The third-order valence-electron chi connectivity index (χ3n) is 4.54. The lowest BCUT2D eigenvalue weighted by Gasteiger charge is -2.13. The molecule has 0 spiro atoms. The molecule has 1 heterocycles. The zero-order valence-corrected chi connectivity index (χ0v) is 15.3. The van der Waals surface area contributed by atoms with Crippen LogP contribution in [0, 0.1) is 0 Å². The molecule has 1 aromatic carbocycles. The smallest absolute Gasteiger partial charge is 0.294 e. The minimum Gasteiger partial charge on any atom is -0.325 e. The number of hydrogen-bond donors (Lipinski definition) is 1. The Morgan fingerprint density at radius 1 is 1.16 bits per heavy atom. The molecule has 0 atom stereocenters. The van der Waals surface area contributed by atoms with Gasteiger partial charge in [-0.05, 0) is 61.1 Å². The Hall–Kier alpha value is -2.08. The average Bonchev–Trinajstić information content (AvgIpc) is 3.19. The summed E-state index contributed by atoms with van der Waals surface area (Å²) in [4.78, 5) is 38.4. The highest BCUT2D eigenvalue weighted by Gasteiger charge is 2.38.